The minimum Gasteiger partial charge on any atom is -0.361 e. The quantitative estimate of drug-likeness (QED) is 0.512. The molecule has 0 bridgehead atoms. The number of amides is 1. The van der Waals surface area contributed by atoms with E-state index in [1.807, 2.05) is 62.4 Å². The zero-order valence-corrected chi connectivity index (χ0v) is 17.4. The maximum Gasteiger partial charge on any atom is 0.234 e. The molecule has 0 unspecified atom stereocenters. The Balaban J connectivity index is 1.49. The molecule has 1 aromatic heterocycles. The van der Waals surface area contributed by atoms with E-state index in [1.54, 1.807) is 23.5 Å². The van der Waals surface area contributed by atoms with E-state index in [1.165, 1.54) is 0 Å². The molecule has 0 aliphatic rings. The number of nitrogens with one attached hydrogen (secondary N) is 1. The second-order valence-electron chi connectivity index (χ2n) is 5.90. The largest absolute Gasteiger partial charge is 0.361 e. The summed E-state index contributed by atoms with van der Waals surface area (Å²) in [6.07, 6.45) is 0. The van der Waals surface area contributed by atoms with E-state index >= 15 is 0 Å². The van der Waals surface area contributed by atoms with Gasteiger partial charge in [0.2, 0.25) is 5.91 Å². The van der Waals surface area contributed by atoms with Crippen LogP contribution in [0, 0.1) is 13.8 Å². The van der Waals surface area contributed by atoms with Gasteiger partial charge in [-0.1, -0.05) is 40.7 Å². The van der Waals surface area contributed by atoms with Crippen LogP contribution in [-0.2, 0) is 10.5 Å². The summed E-state index contributed by atoms with van der Waals surface area (Å²) in [5.41, 5.74) is 2.72. The number of hydrogen-bond donors (Lipinski definition) is 1. The molecule has 27 heavy (non-hydrogen) atoms. The first-order valence-electron chi connectivity index (χ1n) is 8.34. The first kappa shape index (κ1) is 19.9. The number of benzene rings is 2. The van der Waals surface area contributed by atoms with Crippen LogP contribution in [0.4, 0.5) is 5.69 Å². The Hall–Kier alpha value is -1.89. The molecular formula is C20H19ClN2O2S2. The molecule has 0 saturated carbocycles. The minimum atomic E-state index is -0.0294. The molecular weight excluding hydrogens is 400 g/mol. The molecule has 0 radical (unpaired) electrons. The number of thioether (sulfide) groups is 1. The molecule has 3 rings (SSSR count). The Kier molecular flexibility index (Phi) is 6.88. The Morgan fingerprint density at radius 2 is 1.89 bits per heavy atom. The van der Waals surface area contributed by atoms with Crippen molar-refractivity contribution in [2.24, 2.45) is 0 Å². The molecule has 7 heteroatoms. The lowest BCUT2D eigenvalue weighted by molar-refractivity contribution is -0.113. The Labute approximate surface area is 172 Å². The second kappa shape index (κ2) is 9.35. The highest BCUT2D eigenvalue weighted by Crippen LogP contribution is 2.33. The molecule has 0 aliphatic heterocycles. The zero-order valence-electron chi connectivity index (χ0n) is 15.0. The van der Waals surface area contributed by atoms with Gasteiger partial charge in [0.25, 0.3) is 0 Å². The summed E-state index contributed by atoms with van der Waals surface area (Å²) >= 11 is 9.32. The molecule has 0 fully saturated rings. The number of anilines is 1. The van der Waals surface area contributed by atoms with E-state index < -0.39 is 0 Å². The summed E-state index contributed by atoms with van der Waals surface area (Å²) in [5, 5.41) is 7.58. The summed E-state index contributed by atoms with van der Waals surface area (Å²) < 4.78 is 5.14. The number of nitrogens with zero attached hydrogens (tertiary/aromatic N) is 1. The van der Waals surface area contributed by atoms with Gasteiger partial charge in [0.05, 0.1) is 16.5 Å². The van der Waals surface area contributed by atoms with Gasteiger partial charge in [-0.2, -0.15) is 0 Å². The SMILES string of the molecule is Cc1noc(C)c1CSCC(=O)Nc1ccc(Sc2ccccc2Cl)cc1. The van der Waals surface area contributed by atoms with Crippen molar-refractivity contribution in [3.05, 3.63) is 70.6 Å². The number of rotatable bonds is 7. The average molecular weight is 419 g/mol. The van der Waals surface area contributed by atoms with E-state index in [2.05, 4.69) is 10.5 Å². The fourth-order valence-corrected chi connectivity index (χ4v) is 4.48. The topological polar surface area (TPSA) is 55.1 Å². The van der Waals surface area contributed by atoms with Crippen LogP contribution < -0.4 is 5.32 Å². The van der Waals surface area contributed by atoms with Crippen molar-refractivity contribution in [3.8, 4) is 0 Å². The first-order chi connectivity index (χ1) is 13.0. The highest BCUT2D eigenvalue weighted by molar-refractivity contribution is 7.99. The third-order valence-corrected chi connectivity index (χ3v) is 6.35. The van der Waals surface area contributed by atoms with Gasteiger partial charge in [-0.05, 0) is 50.2 Å². The standard InChI is InChI=1S/C20H19ClN2O2S2/c1-13-17(14(2)25-23-13)11-26-12-20(24)22-15-7-9-16(10-8-15)27-19-6-4-3-5-18(19)21/h3-10H,11-12H2,1-2H3,(H,22,24). The van der Waals surface area contributed by atoms with Gasteiger partial charge < -0.3 is 9.84 Å². The van der Waals surface area contributed by atoms with Gasteiger partial charge >= 0.3 is 0 Å². The molecule has 1 amide bonds. The van der Waals surface area contributed by atoms with E-state index in [4.69, 9.17) is 16.1 Å². The Morgan fingerprint density at radius 1 is 1.15 bits per heavy atom. The van der Waals surface area contributed by atoms with Crippen LogP contribution in [0.2, 0.25) is 5.02 Å². The molecule has 4 nitrogen and oxygen atoms in total. The van der Waals surface area contributed by atoms with Crippen LogP contribution in [0.25, 0.3) is 0 Å². The summed E-state index contributed by atoms with van der Waals surface area (Å²) in [7, 11) is 0. The van der Waals surface area contributed by atoms with Crippen molar-refractivity contribution in [3.63, 3.8) is 0 Å². The van der Waals surface area contributed by atoms with Crippen LogP contribution in [0.3, 0.4) is 0 Å². The van der Waals surface area contributed by atoms with Crippen molar-refractivity contribution in [2.75, 3.05) is 11.1 Å². The van der Waals surface area contributed by atoms with Crippen molar-refractivity contribution in [1.29, 1.82) is 0 Å². The lowest BCUT2D eigenvalue weighted by Gasteiger charge is -2.07. The summed E-state index contributed by atoms with van der Waals surface area (Å²) in [4.78, 5) is 14.2. The van der Waals surface area contributed by atoms with Gasteiger partial charge in [0.15, 0.2) is 0 Å². The van der Waals surface area contributed by atoms with E-state index in [-0.39, 0.29) is 5.91 Å². The number of carbonyl (C=O) groups excluding carboxylic acids is 1. The van der Waals surface area contributed by atoms with Crippen LogP contribution in [0.1, 0.15) is 17.0 Å². The lowest BCUT2D eigenvalue weighted by Crippen LogP contribution is -2.14. The molecule has 1 N–H and O–H groups in total. The Bertz CT molecular complexity index is 906. The highest BCUT2D eigenvalue weighted by Gasteiger charge is 2.10. The van der Waals surface area contributed by atoms with E-state index in [0.29, 0.717) is 11.5 Å². The normalized spacial score (nSPS) is 10.8. The summed E-state index contributed by atoms with van der Waals surface area (Å²) in [6, 6.07) is 15.5. The molecule has 1 heterocycles. The Morgan fingerprint density at radius 3 is 2.56 bits per heavy atom. The van der Waals surface area contributed by atoms with Gasteiger partial charge in [-0.3, -0.25) is 4.79 Å². The third kappa shape index (κ3) is 5.54. The fourth-order valence-electron chi connectivity index (χ4n) is 2.41. The highest BCUT2D eigenvalue weighted by atomic mass is 35.5. The molecule has 3 aromatic rings. The number of halogens is 1. The number of carbonyl (C=O) groups is 1. The lowest BCUT2D eigenvalue weighted by atomic mass is 10.2. The van der Waals surface area contributed by atoms with Gasteiger partial charge in [0.1, 0.15) is 5.76 Å². The maximum absolute atomic E-state index is 12.1. The smallest absolute Gasteiger partial charge is 0.234 e. The van der Waals surface area contributed by atoms with Crippen LogP contribution in [0.15, 0.2) is 62.8 Å². The summed E-state index contributed by atoms with van der Waals surface area (Å²) in [5.74, 6) is 1.87. The summed E-state index contributed by atoms with van der Waals surface area (Å²) in [6.45, 7) is 3.80. The molecule has 0 aliphatic carbocycles. The van der Waals surface area contributed by atoms with E-state index in [0.717, 1.165) is 37.5 Å². The van der Waals surface area contributed by atoms with Crippen LogP contribution in [0.5, 0.6) is 0 Å². The molecule has 2 aromatic carbocycles. The molecule has 0 saturated heterocycles. The van der Waals surface area contributed by atoms with Gasteiger partial charge in [-0.15, -0.1) is 11.8 Å². The fraction of sp³-hybridized carbons (Fsp3) is 0.200. The number of aryl methyl sites for hydroxylation is 2. The number of hydrogen-bond acceptors (Lipinski definition) is 5. The molecule has 0 atom stereocenters. The monoisotopic (exact) mass is 418 g/mol. The predicted octanol–water partition coefficient (Wildman–Crippen LogP) is 5.97. The average Bonchev–Trinajstić information content (AvgIpc) is 2.97. The second-order valence-corrected chi connectivity index (χ2v) is 8.41. The zero-order chi connectivity index (χ0) is 19.2. The van der Waals surface area contributed by atoms with Crippen LogP contribution in [-0.4, -0.2) is 16.8 Å². The van der Waals surface area contributed by atoms with Crippen molar-refractivity contribution < 1.29 is 9.32 Å². The van der Waals surface area contributed by atoms with E-state index in [9.17, 15) is 4.79 Å². The maximum atomic E-state index is 12.1. The first-order valence-corrected chi connectivity index (χ1v) is 10.7. The van der Waals surface area contributed by atoms with Crippen LogP contribution >= 0.6 is 35.1 Å². The van der Waals surface area contributed by atoms with Crippen molar-refractivity contribution >= 4 is 46.7 Å². The number of aromatic nitrogens is 1. The predicted molar refractivity (Wildman–Crippen MR) is 113 cm³/mol. The van der Waals surface area contributed by atoms with Crippen molar-refractivity contribution in [2.45, 2.75) is 29.4 Å². The molecule has 140 valence electrons. The van der Waals surface area contributed by atoms with Gasteiger partial charge in [-0.25, -0.2) is 0 Å². The van der Waals surface area contributed by atoms with Crippen molar-refractivity contribution in [1.82, 2.24) is 5.16 Å². The minimum absolute atomic E-state index is 0.0294. The van der Waals surface area contributed by atoms with Gasteiger partial charge in [0, 0.05) is 26.8 Å². The third-order valence-electron chi connectivity index (χ3n) is 3.86. The molecule has 0 spiro atoms.